The van der Waals surface area contributed by atoms with Crippen molar-refractivity contribution in [2.75, 3.05) is 17.2 Å². The summed E-state index contributed by atoms with van der Waals surface area (Å²) in [6, 6.07) is 13.5. The number of rotatable bonds is 3. The average molecular weight is 389 g/mol. The molecule has 1 fully saturated rings. The Morgan fingerprint density at radius 2 is 1.97 bits per heavy atom. The molecule has 0 aromatic heterocycles. The van der Waals surface area contributed by atoms with Crippen LogP contribution >= 0.6 is 0 Å². The molecule has 3 aliphatic heterocycles. The summed E-state index contributed by atoms with van der Waals surface area (Å²) in [5, 5.41) is 9.77. The lowest BCUT2D eigenvalue weighted by molar-refractivity contribution is -0.118. The van der Waals surface area contributed by atoms with Gasteiger partial charge in [0.1, 0.15) is 0 Å². The van der Waals surface area contributed by atoms with Crippen LogP contribution in [-0.2, 0) is 4.79 Å². The molecule has 3 aliphatic rings. The van der Waals surface area contributed by atoms with Gasteiger partial charge in [0.2, 0.25) is 5.91 Å². The molecular formula is C22H23N5O2. The minimum Gasteiger partial charge on any atom is -0.373 e. The number of hydrogen-bond donors (Lipinski definition) is 5. The Balaban J connectivity index is 1.50. The van der Waals surface area contributed by atoms with Crippen molar-refractivity contribution in [2.45, 2.75) is 31.3 Å². The van der Waals surface area contributed by atoms with Crippen LogP contribution in [0, 0.1) is 0 Å². The van der Waals surface area contributed by atoms with Gasteiger partial charge in [-0.15, -0.1) is 0 Å². The van der Waals surface area contributed by atoms with Crippen LogP contribution in [0.3, 0.4) is 0 Å². The molecule has 2 aromatic rings. The largest absolute Gasteiger partial charge is 0.373 e. The molecule has 3 heterocycles. The molecule has 0 radical (unpaired) electrons. The average Bonchev–Trinajstić information content (AvgIpc) is 3.03. The van der Waals surface area contributed by atoms with Crippen LogP contribution in [-0.4, -0.2) is 24.4 Å². The second-order valence-electron chi connectivity index (χ2n) is 7.62. The number of amides is 2. The summed E-state index contributed by atoms with van der Waals surface area (Å²) in [7, 11) is 0. The van der Waals surface area contributed by atoms with E-state index >= 15 is 0 Å². The maximum atomic E-state index is 12.7. The normalized spacial score (nSPS) is 22.3. The van der Waals surface area contributed by atoms with Crippen LogP contribution in [0.25, 0.3) is 5.57 Å². The standard InChI is InChI=1S/C22H23N5O2/c28-21-15-10-14(25-22(29)17-8-4-5-9-23-17)11-18-19(15)16(12-24-27-21)20(26-18)13-6-2-1-3-7-13/h1-3,6-7,10-12,17,20,23-24,26H,4-5,8-9H2,(H,25,29)(H,27,28)/t17-,20?/m1/s1. The van der Waals surface area contributed by atoms with Gasteiger partial charge in [-0.25, -0.2) is 0 Å². The molecule has 7 heteroatoms. The smallest absolute Gasteiger partial charge is 0.270 e. The first-order valence-electron chi connectivity index (χ1n) is 10.0. The fraction of sp³-hybridized carbons (Fsp3) is 0.273. The van der Waals surface area contributed by atoms with Crippen molar-refractivity contribution in [1.82, 2.24) is 16.2 Å². The molecule has 2 atom stereocenters. The van der Waals surface area contributed by atoms with Crippen LogP contribution < -0.4 is 26.8 Å². The van der Waals surface area contributed by atoms with E-state index in [4.69, 9.17) is 0 Å². The fourth-order valence-electron chi connectivity index (χ4n) is 4.31. The third-order valence-corrected chi connectivity index (χ3v) is 5.72. The van der Waals surface area contributed by atoms with E-state index in [-0.39, 0.29) is 23.9 Å². The fourth-order valence-corrected chi connectivity index (χ4v) is 4.31. The van der Waals surface area contributed by atoms with E-state index in [0.29, 0.717) is 11.3 Å². The van der Waals surface area contributed by atoms with Gasteiger partial charge >= 0.3 is 0 Å². The topological polar surface area (TPSA) is 94.3 Å². The van der Waals surface area contributed by atoms with E-state index in [1.807, 2.05) is 30.5 Å². The van der Waals surface area contributed by atoms with Crippen LogP contribution in [0.1, 0.15) is 46.8 Å². The molecule has 0 aliphatic carbocycles. The second kappa shape index (κ2) is 7.25. The van der Waals surface area contributed by atoms with E-state index in [1.165, 1.54) is 0 Å². The van der Waals surface area contributed by atoms with Gasteiger partial charge in [0, 0.05) is 28.7 Å². The Morgan fingerprint density at radius 3 is 2.76 bits per heavy atom. The van der Waals surface area contributed by atoms with Crippen molar-refractivity contribution in [3.63, 3.8) is 0 Å². The van der Waals surface area contributed by atoms with Crippen LogP contribution in [0.5, 0.6) is 0 Å². The summed E-state index contributed by atoms with van der Waals surface area (Å²) in [5.74, 6) is -0.285. The number of anilines is 2. The van der Waals surface area contributed by atoms with E-state index < -0.39 is 0 Å². The van der Waals surface area contributed by atoms with Gasteiger partial charge in [-0.05, 0) is 37.1 Å². The van der Waals surface area contributed by atoms with E-state index in [2.05, 4.69) is 38.9 Å². The Labute approximate surface area is 168 Å². The maximum absolute atomic E-state index is 12.7. The summed E-state index contributed by atoms with van der Waals surface area (Å²) in [5.41, 5.74) is 10.5. The molecule has 2 amide bonds. The predicted molar refractivity (Wildman–Crippen MR) is 112 cm³/mol. The first-order chi connectivity index (χ1) is 14.2. The zero-order valence-corrected chi connectivity index (χ0v) is 15.9. The summed E-state index contributed by atoms with van der Waals surface area (Å²) in [4.78, 5) is 25.3. The summed E-state index contributed by atoms with van der Waals surface area (Å²) < 4.78 is 0. The Morgan fingerprint density at radius 1 is 1.10 bits per heavy atom. The van der Waals surface area contributed by atoms with Crippen molar-refractivity contribution in [1.29, 1.82) is 0 Å². The molecule has 148 valence electrons. The number of carbonyl (C=O) groups excluding carboxylic acids is 2. The van der Waals surface area contributed by atoms with E-state index in [1.54, 1.807) is 6.07 Å². The number of piperidine rings is 1. The zero-order valence-electron chi connectivity index (χ0n) is 15.9. The van der Waals surface area contributed by atoms with Crippen LogP contribution in [0.15, 0.2) is 48.7 Å². The van der Waals surface area contributed by atoms with Crippen molar-refractivity contribution >= 4 is 28.8 Å². The quantitative estimate of drug-likeness (QED) is 0.556. The number of nitrogens with one attached hydrogen (secondary N) is 5. The molecular weight excluding hydrogens is 366 g/mol. The molecule has 0 spiro atoms. The van der Waals surface area contributed by atoms with Gasteiger partial charge in [0.25, 0.3) is 5.91 Å². The Kier molecular flexibility index (Phi) is 4.44. The van der Waals surface area contributed by atoms with Gasteiger partial charge in [0.15, 0.2) is 0 Å². The highest BCUT2D eigenvalue weighted by Crippen LogP contribution is 2.46. The lowest BCUT2D eigenvalue weighted by Gasteiger charge is -2.22. The molecule has 1 saturated heterocycles. The lowest BCUT2D eigenvalue weighted by atomic mass is 9.94. The number of hydrazine groups is 1. The monoisotopic (exact) mass is 389 g/mol. The SMILES string of the molecule is O=C1NNC=C2c3c(cc(NC(=O)[C@H]4CCCCN4)cc31)NC2c1ccccc1. The van der Waals surface area contributed by atoms with E-state index in [9.17, 15) is 9.59 Å². The highest BCUT2D eigenvalue weighted by atomic mass is 16.2. The molecule has 5 rings (SSSR count). The third-order valence-electron chi connectivity index (χ3n) is 5.72. The molecule has 7 nitrogen and oxygen atoms in total. The molecule has 0 saturated carbocycles. The molecule has 5 N–H and O–H groups in total. The van der Waals surface area contributed by atoms with Crippen LogP contribution in [0.2, 0.25) is 0 Å². The predicted octanol–water partition coefficient (Wildman–Crippen LogP) is 2.52. The minimum atomic E-state index is -0.227. The lowest BCUT2D eigenvalue weighted by Crippen LogP contribution is -2.43. The number of hydrogen-bond acceptors (Lipinski definition) is 5. The van der Waals surface area contributed by atoms with Gasteiger partial charge < -0.3 is 21.4 Å². The summed E-state index contributed by atoms with van der Waals surface area (Å²) >= 11 is 0. The maximum Gasteiger partial charge on any atom is 0.270 e. The summed E-state index contributed by atoms with van der Waals surface area (Å²) in [6.45, 7) is 0.857. The molecule has 29 heavy (non-hydrogen) atoms. The van der Waals surface area contributed by atoms with Crippen molar-refractivity contribution in [2.24, 2.45) is 0 Å². The van der Waals surface area contributed by atoms with Gasteiger partial charge in [-0.3, -0.25) is 15.0 Å². The molecule has 0 bridgehead atoms. The molecule has 1 unspecified atom stereocenters. The Hall–Kier alpha value is -3.32. The Bertz CT molecular complexity index is 996. The van der Waals surface area contributed by atoms with Crippen molar-refractivity contribution in [3.8, 4) is 0 Å². The first kappa shape index (κ1) is 17.8. The first-order valence-corrected chi connectivity index (χ1v) is 10.0. The van der Waals surface area contributed by atoms with Gasteiger partial charge in [-0.2, -0.15) is 0 Å². The van der Waals surface area contributed by atoms with Crippen LogP contribution in [0.4, 0.5) is 11.4 Å². The second-order valence-corrected chi connectivity index (χ2v) is 7.62. The van der Waals surface area contributed by atoms with E-state index in [0.717, 1.165) is 48.2 Å². The highest BCUT2D eigenvalue weighted by molar-refractivity contribution is 6.07. The number of carbonyl (C=O) groups is 2. The van der Waals surface area contributed by atoms with Gasteiger partial charge in [0.05, 0.1) is 17.6 Å². The minimum absolute atomic E-state index is 0.0580. The highest BCUT2D eigenvalue weighted by Gasteiger charge is 2.34. The van der Waals surface area contributed by atoms with Gasteiger partial charge in [-0.1, -0.05) is 36.8 Å². The zero-order chi connectivity index (χ0) is 19.8. The number of benzene rings is 2. The van der Waals surface area contributed by atoms with Crippen molar-refractivity contribution in [3.05, 3.63) is 65.4 Å². The summed E-state index contributed by atoms with van der Waals surface area (Å²) in [6.07, 6.45) is 4.80. The van der Waals surface area contributed by atoms with Crippen molar-refractivity contribution < 1.29 is 9.59 Å². The molecule has 2 aromatic carbocycles. The third kappa shape index (κ3) is 3.23.